The van der Waals surface area contributed by atoms with E-state index < -0.39 is 21.8 Å². The van der Waals surface area contributed by atoms with E-state index in [9.17, 15) is 12.8 Å². The number of sulfonamides is 1. The van der Waals surface area contributed by atoms with Gasteiger partial charge in [0, 0.05) is 6.54 Å². The van der Waals surface area contributed by atoms with Gasteiger partial charge in [-0.25, -0.2) is 17.5 Å². The summed E-state index contributed by atoms with van der Waals surface area (Å²) in [5.74, 6) is -0.860. The molecule has 6 heteroatoms. The van der Waals surface area contributed by atoms with E-state index in [1.807, 2.05) is 6.07 Å². The molecule has 1 unspecified atom stereocenters. The largest absolute Gasteiger partial charge is 0.240 e. The summed E-state index contributed by atoms with van der Waals surface area (Å²) in [6, 6.07) is 5.49. The van der Waals surface area contributed by atoms with Crippen molar-refractivity contribution in [2.45, 2.75) is 18.7 Å². The molecule has 0 saturated carbocycles. The predicted molar refractivity (Wildman–Crippen MR) is 61.1 cm³/mol. The van der Waals surface area contributed by atoms with Crippen molar-refractivity contribution in [2.75, 3.05) is 6.54 Å². The normalized spacial score (nSPS) is 13.1. The molecule has 0 radical (unpaired) electrons. The second kappa shape index (κ2) is 5.25. The summed E-state index contributed by atoms with van der Waals surface area (Å²) in [4.78, 5) is 0.00143. The van der Waals surface area contributed by atoms with Gasteiger partial charge in [-0.1, -0.05) is 0 Å². The topological polar surface area (TPSA) is 70.0 Å². The molecule has 0 aromatic heterocycles. The molecule has 1 atom stereocenters. The van der Waals surface area contributed by atoms with Crippen molar-refractivity contribution in [3.05, 3.63) is 29.6 Å². The summed E-state index contributed by atoms with van der Waals surface area (Å²) in [5.41, 5.74) is 0.265. The number of nitrogens with one attached hydrogen (secondary N) is 1. The lowest BCUT2D eigenvalue weighted by Crippen LogP contribution is -2.28. The lowest BCUT2D eigenvalue weighted by Gasteiger charge is -2.08. The van der Waals surface area contributed by atoms with Crippen LogP contribution < -0.4 is 4.72 Å². The summed E-state index contributed by atoms with van der Waals surface area (Å²) in [7, 11) is -3.67. The Morgan fingerprint density at radius 3 is 2.71 bits per heavy atom. The highest BCUT2D eigenvalue weighted by atomic mass is 32.2. The molecule has 0 spiro atoms. The predicted octanol–water partition coefficient (Wildman–Crippen LogP) is 1.57. The number of hydrogen-bond donors (Lipinski definition) is 1. The van der Waals surface area contributed by atoms with Crippen molar-refractivity contribution in [3.63, 3.8) is 0 Å². The quantitative estimate of drug-likeness (QED) is 0.889. The Hall–Kier alpha value is -1.45. The maximum Gasteiger partial charge on any atom is 0.240 e. The van der Waals surface area contributed by atoms with Gasteiger partial charge in [0.15, 0.2) is 0 Å². The maximum atomic E-state index is 13.0. The maximum absolute atomic E-state index is 13.0. The molecular formula is C11H13FN2O2S. The van der Waals surface area contributed by atoms with Crippen molar-refractivity contribution in [1.82, 2.24) is 4.72 Å². The average Bonchev–Trinajstić information content (AvgIpc) is 2.29. The van der Waals surface area contributed by atoms with E-state index in [2.05, 4.69) is 4.72 Å². The number of rotatable bonds is 4. The molecule has 92 valence electrons. The molecule has 4 nitrogen and oxygen atoms in total. The first-order valence-electron chi connectivity index (χ1n) is 5.02. The van der Waals surface area contributed by atoms with E-state index in [4.69, 9.17) is 5.26 Å². The van der Waals surface area contributed by atoms with E-state index in [1.54, 1.807) is 6.92 Å². The fourth-order valence-electron chi connectivity index (χ4n) is 1.15. The van der Waals surface area contributed by atoms with E-state index >= 15 is 0 Å². The Kier molecular flexibility index (Phi) is 4.21. The van der Waals surface area contributed by atoms with Crippen molar-refractivity contribution in [2.24, 2.45) is 5.92 Å². The number of halogens is 1. The van der Waals surface area contributed by atoms with Gasteiger partial charge in [-0.3, -0.25) is 0 Å². The SMILES string of the molecule is Cc1cc(S(=O)(=O)NCC(C)C#N)ccc1F. The second-order valence-electron chi connectivity index (χ2n) is 3.79. The molecule has 0 heterocycles. The Labute approximate surface area is 100 Å². The van der Waals surface area contributed by atoms with Gasteiger partial charge < -0.3 is 0 Å². The van der Waals surface area contributed by atoms with Gasteiger partial charge in [-0.05, 0) is 37.6 Å². The molecule has 0 aliphatic heterocycles. The molecule has 0 aliphatic rings. The molecule has 0 aliphatic carbocycles. The lowest BCUT2D eigenvalue weighted by molar-refractivity contribution is 0.571. The van der Waals surface area contributed by atoms with Crippen LogP contribution in [0.5, 0.6) is 0 Å². The highest BCUT2D eigenvalue weighted by molar-refractivity contribution is 7.89. The van der Waals surface area contributed by atoms with E-state index in [0.29, 0.717) is 0 Å². The third kappa shape index (κ3) is 3.51. The van der Waals surface area contributed by atoms with Crippen LogP contribution in [0, 0.1) is 30.0 Å². The van der Waals surface area contributed by atoms with Crippen LogP contribution in [0.1, 0.15) is 12.5 Å². The fourth-order valence-corrected chi connectivity index (χ4v) is 2.36. The van der Waals surface area contributed by atoms with E-state index in [-0.39, 0.29) is 17.0 Å². The van der Waals surface area contributed by atoms with Gasteiger partial charge in [0.1, 0.15) is 5.82 Å². The molecule has 1 N–H and O–H groups in total. The number of nitriles is 1. The highest BCUT2D eigenvalue weighted by Crippen LogP contribution is 2.14. The van der Waals surface area contributed by atoms with Crippen LogP contribution >= 0.6 is 0 Å². The minimum atomic E-state index is -3.67. The summed E-state index contributed by atoms with van der Waals surface area (Å²) < 4.78 is 38.8. The molecular weight excluding hydrogens is 243 g/mol. The third-order valence-corrected chi connectivity index (χ3v) is 3.66. The van der Waals surface area contributed by atoms with Crippen LogP contribution in [0.15, 0.2) is 23.1 Å². The average molecular weight is 256 g/mol. The summed E-state index contributed by atoms with van der Waals surface area (Å²) >= 11 is 0. The zero-order valence-corrected chi connectivity index (χ0v) is 10.4. The van der Waals surface area contributed by atoms with Crippen molar-refractivity contribution >= 4 is 10.0 Å². The first-order valence-corrected chi connectivity index (χ1v) is 6.50. The molecule has 17 heavy (non-hydrogen) atoms. The van der Waals surface area contributed by atoms with Crippen LogP contribution in [0.4, 0.5) is 4.39 Å². The second-order valence-corrected chi connectivity index (χ2v) is 5.56. The number of hydrogen-bond acceptors (Lipinski definition) is 3. The smallest absolute Gasteiger partial charge is 0.210 e. The summed E-state index contributed by atoms with van der Waals surface area (Å²) in [5, 5.41) is 8.55. The van der Waals surface area contributed by atoms with Crippen LogP contribution in [0.3, 0.4) is 0 Å². The number of benzene rings is 1. The Balaban J connectivity index is 2.91. The summed E-state index contributed by atoms with van der Waals surface area (Å²) in [6.07, 6.45) is 0. The van der Waals surface area contributed by atoms with Gasteiger partial charge in [0.2, 0.25) is 10.0 Å². The van der Waals surface area contributed by atoms with Crippen molar-refractivity contribution in [3.8, 4) is 6.07 Å². The number of aryl methyl sites for hydroxylation is 1. The standard InChI is InChI=1S/C11H13FN2O2S/c1-8(6-13)7-14-17(15,16)10-3-4-11(12)9(2)5-10/h3-5,8,14H,7H2,1-2H3. The molecule has 0 fully saturated rings. The third-order valence-electron chi connectivity index (χ3n) is 2.24. The van der Waals surface area contributed by atoms with Gasteiger partial charge >= 0.3 is 0 Å². The van der Waals surface area contributed by atoms with Crippen LogP contribution in [-0.2, 0) is 10.0 Å². The summed E-state index contributed by atoms with van der Waals surface area (Å²) in [6.45, 7) is 3.14. The van der Waals surface area contributed by atoms with Gasteiger partial charge in [-0.2, -0.15) is 5.26 Å². The molecule has 0 bridgehead atoms. The van der Waals surface area contributed by atoms with Gasteiger partial charge in [0.05, 0.1) is 16.9 Å². The van der Waals surface area contributed by atoms with Gasteiger partial charge in [0.25, 0.3) is 0 Å². The molecule has 0 amide bonds. The molecule has 1 rings (SSSR count). The highest BCUT2D eigenvalue weighted by Gasteiger charge is 2.15. The molecule has 1 aromatic rings. The lowest BCUT2D eigenvalue weighted by atomic mass is 10.2. The van der Waals surface area contributed by atoms with E-state index in [0.717, 1.165) is 6.07 Å². The monoisotopic (exact) mass is 256 g/mol. The minimum absolute atomic E-state index is 0.00143. The first kappa shape index (κ1) is 13.6. The van der Waals surface area contributed by atoms with Crippen molar-refractivity contribution in [1.29, 1.82) is 5.26 Å². The minimum Gasteiger partial charge on any atom is -0.210 e. The zero-order valence-electron chi connectivity index (χ0n) is 9.57. The fraction of sp³-hybridized carbons (Fsp3) is 0.364. The molecule has 1 aromatic carbocycles. The van der Waals surface area contributed by atoms with Crippen molar-refractivity contribution < 1.29 is 12.8 Å². The Morgan fingerprint density at radius 1 is 1.53 bits per heavy atom. The first-order chi connectivity index (χ1) is 7.86. The molecule has 0 saturated heterocycles. The van der Waals surface area contributed by atoms with Crippen LogP contribution in [0.2, 0.25) is 0 Å². The van der Waals surface area contributed by atoms with Gasteiger partial charge in [-0.15, -0.1) is 0 Å². The van der Waals surface area contributed by atoms with E-state index in [1.165, 1.54) is 19.1 Å². The zero-order chi connectivity index (χ0) is 13.1. The van der Waals surface area contributed by atoms with Crippen LogP contribution in [-0.4, -0.2) is 15.0 Å². The Bertz CT molecular complexity index is 549. The Morgan fingerprint density at radius 2 is 2.18 bits per heavy atom. The number of nitrogens with zero attached hydrogens (tertiary/aromatic N) is 1. The van der Waals surface area contributed by atoms with Crippen LogP contribution in [0.25, 0.3) is 0 Å².